The average Bonchev–Trinajstić information content (AvgIpc) is 3.13. The number of likely N-dealkylation sites (tertiary alicyclic amines) is 1. The summed E-state index contributed by atoms with van der Waals surface area (Å²) in [6.07, 6.45) is 4.86. The van der Waals surface area contributed by atoms with E-state index in [4.69, 9.17) is 9.47 Å². The van der Waals surface area contributed by atoms with Gasteiger partial charge in [-0.2, -0.15) is 0 Å². The van der Waals surface area contributed by atoms with Crippen LogP contribution in [0.3, 0.4) is 0 Å². The quantitative estimate of drug-likeness (QED) is 0.327. The summed E-state index contributed by atoms with van der Waals surface area (Å²) in [5.41, 5.74) is 0.999. The van der Waals surface area contributed by atoms with E-state index < -0.39 is 23.5 Å². The molecule has 3 heterocycles. The van der Waals surface area contributed by atoms with E-state index in [-0.39, 0.29) is 5.57 Å². The summed E-state index contributed by atoms with van der Waals surface area (Å²) in [5.74, 6) is -1.13. The number of hydrogen-bond donors (Lipinski definition) is 1. The SMILES string of the molecule is CCCOc1ccc(/C([O-])=C2\C(=O)C(=O)N(CCC[NH+]3CCOCC3)C2c2cccnc2)cc1. The van der Waals surface area contributed by atoms with Crippen LogP contribution in [0.25, 0.3) is 5.76 Å². The second kappa shape index (κ2) is 11.3. The summed E-state index contributed by atoms with van der Waals surface area (Å²) >= 11 is 0. The van der Waals surface area contributed by atoms with Crippen LogP contribution in [0.5, 0.6) is 5.75 Å². The molecule has 2 aliphatic heterocycles. The van der Waals surface area contributed by atoms with E-state index in [1.165, 1.54) is 9.80 Å². The third-order valence-electron chi connectivity index (χ3n) is 6.25. The van der Waals surface area contributed by atoms with Crippen LogP contribution in [0.4, 0.5) is 0 Å². The molecule has 2 aromatic rings. The Morgan fingerprint density at radius 1 is 1.21 bits per heavy atom. The lowest BCUT2D eigenvalue weighted by Gasteiger charge is -2.28. The molecule has 1 atom stereocenters. The standard InChI is InChI=1S/C26H31N3O5/c1-2-15-34-21-8-6-19(7-9-21)24(30)22-23(20-5-3-10-27-18-20)29(26(32)25(22)31)12-4-11-28-13-16-33-17-14-28/h3,5-10,18,23,30H,2,4,11-17H2,1H3/b24-22+. The maximum absolute atomic E-state index is 13.5. The number of morpholine rings is 1. The first-order valence-electron chi connectivity index (χ1n) is 11.9. The molecule has 0 radical (unpaired) electrons. The molecule has 2 aliphatic rings. The highest BCUT2D eigenvalue weighted by molar-refractivity contribution is 6.46. The summed E-state index contributed by atoms with van der Waals surface area (Å²) < 4.78 is 11.0. The first-order chi connectivity index (χ1) is 16.6. The predicted octanol–water partition coefficient (Wildman–Crippen LogP) is 0.400. The van der Waals surface area contributed by atoms with Crippen molar-refractivity contribution in [2.75, 3.05) is 46.0 Å². The lowest BCUT2D eigenvalue weighted by molar-refractivity contribution is -0.908. The molecule has 0 aliphatic carbocycles. The van der Waals surface area contributed by atoms with E-state index in [9.17, 15) is 14.7 Å². The molecule has 8 nitrogen and oxygen atoms in total. The molecule has 0 spiro atoms. The van der Waals surface area contributed by atoms with Gasteiger partial charge in [0.25, 0.3) is 5.91 Å². The smallest absolute Gasteiger partial charge is 0.295 e. The van der Waals surface area contributed by atoms with Crippen molar-refractivity contribution < 1.29 is 29.1 Å². The Kier molecular flexibility index (Phi) is 7.92. The van der Waals surface area contributed by atoms with E-state index in [1.54, 1.807) is 48.8 Å². The van der Waals surface area contributed by atoms with Gasteiger partial charge in [0.2, 0.25) is 5.78 Å². The maximum Gasteiger partial charge on any atom is 0.295 e. The van der Waals surface area contributed by atoms with E-state index >= 15 is 0 Å². The van der Waals surface area contributed by atoms with E-state index in [2.05, 4.69) is 4.98 Å². The van der Waals surface area contributed by atoms with Crippen LogP contribution in [0.2, 0.25) is 0 Å². The number of pyridine rings is 1. The fourth-order valence-electron chi connectivity index (χ4n) is 4.47. The van der Waals surface area contributed by atoms with Gasteiger partial charge in [-0.15, -0.1) is 0 Å². The zero-order valence-corrected chi connectivity index (χ0v) is 19.5. The third kappa shape index (κ3) is 5.29. The van der Waals surface area contributed by atoms with Gasteiger partial charge < -0.3 is 24.4 Å². The van der Waals surface area contributed by atoms with Gasteiger partial charge >= 0.3 is 0 Å². The highest BCUT2D eigenvalue weighted by Gasteiger charge is 2.44. The van der Waals surface area contributed by atoms with Crippen LogP contribution in [-0.2, 0) is 14.3 Å². The molecule has 0 saturated carbocycles. The molecule has 2 saturated heterocycles. The molecule has 180 valence electrons. The number of hydrogen-bond acceptors (Lipinski definition) is 6. The first kappa shape index (κ1) is 23.9. The number of amides is 1. The molecule has 0 bridgehead atoms. The van der Waals surface area contributed by atoms with Crippen LogP contribution in [0.15, 0.2) is 54.4 Å². The summed E-state index contributed by atoms with van der Waals surface area (Å²) in [7, 11) is 0. The van der Waals surface area contributed by atoms with Crippen LogP contribution < -0.4 is 14.7 Å². The number of ether oxygens (including phenoxy) is 2. The van der Waals surface area contributed by atoms with Crippen LogP contribution in [0.1, 0.15) is 36.9 Å². The van der Waals surface area contributed by atoms with Crippen molar-refractivity contribution in [2.45, 2.75) is 25.8 Å². The number of aromatic nitrogens is 1. The highest BCUT2D eigenvalue weighted by Crippen LogP contribution is 2.38. The molecule has 2 fully saturated rings. The Balaban J connectivity index is 1.61. The van der Waals surface area contributed by atoms with Gasteiger partial charge in [0.1, 0.15) is 18.8 Å². The lowest BCUT2D eigenvalue weighted by atomic mass is 9.96. The highest BCUT2D eigenvalue weighted by atomic mass is 16.5. The largest absolute Gasteiger partial charge is 0.872 e. The van der Waals surface area contributed by atoms with E-state index in [0.717, 1.165) is 45.7 Å². The van der Waals surface area contributed by atoms with Gasteiger partial charge in [0.15, 0.2) is 0 Å². The number of nitrogens with zero attached hydrogens (tertiary/aromatic N) is 2. The normalized spacial score (nSPS) is 20.6. The first-order valence-corrected chi connectivity index (χ1v) is 11.9. The molecule has 8 heteroatoms. The number of quaternary nitrogens is 1. The number of nitrogens with one attached hydrogen (secondary N) is 1. The van der Waals surface area contributed by atoms with Crippen molar-refractivity contribution in [1.82, 2.24) is 9.88 Å². The van der Waals surface area contributed by atoms with E-state index in [1.807, 2.05) is 6.92 Å². The Morgan fingerprint density at radius 3 is 2.65 bits per heavy atom. The molecule has 1 N–H and O–H groups in total. The number of benzene rings is 1. The van der Waals surface area contributed by atoms with E-state index in [0.29, 0.717) is 30.0 Å². The molecule has 1 aromatic heterocycles. The third-order valence-corrected chi connectivity index (χ3v) is 6.25. The second-order valence-electron chi connectivity index (χ2n) is 8.60. The van der Waals surface area contributed by atoms with Crippen LogP contribution in [-0.4, -0.2) is 67.6 Å². The van der Waals surface area contributed by atoms with Gasteiger partial charge in [-0.3, -0.25) is 14.6 Å². The van der Waals surface area contributed by atoms with Gasteiger partial charge in [-0.1, -0.05) is 30.9 Å². The molecular weight excluding hydrogens is 434 g/mol. The van der Waals surface area contributed by atoms with Gasteiger partial charge in [0.05, 0.1) is 32.4 Å². The van der Waals surface area contributed by atoms with Crippen molar-refractivity contribution in [3.05, 3.63) is 65.5 Å². The number of Topliss-reactive ketones (excluding diaryl/α,β-unsaturated/α-hetero) is 1. The van der Waals surface area contributed by atoms with Crippen molar-refractivity contribution >= 4 is 17.4 Å². The summed E-state index contributed by atoms with van der Waals surface area (Å²) in [4.78, 5) is 33.2. The summed E-state index contributed by atoms with van der Waals surface area (Å²) in [5, 5.41) is 13.5. The van der Waals surface area contributed by atoms with Crippen LogP contribution >= 0.6 is 0 Å². The molecule has 1 unspecified atom stereocenters. The Hall–Kier alpha value is -3.23. The molecule has 1 amide bonds. The monoisotopic (exact) mass is 465 g/mol. The van der Waals surface area contributed by atoms with Gasteiger partial charge in [-0.05, 0) is 35.7 Å². The Labute approximate surface area is 199 Å². The summed E-state index contributed by atoms with van der Waals surface area (Å²) in [6.45, 7) is 7.23. The minimum atomic E-state index is -0.739. The van der Waals surface area contributed by atoms with Crippen molar-refractivity contribution in [1.29, 1.82) is 0 Å². The Morgan fingerprint density at radius 2 is 1.97 bits per heavy atom. The number of carbonyl (C=O) groups is 2. The zero-order valence-electron chi connectivity index (χ0n) is 19.5. The topological polar surface area (TPSA) is 96.2 Å². The minimum Gasteiger partial charge on any atom is -0.872 e. The minimum absolute atomic E-state index is 0.0149. The molecular formula is C26H31N3O5. The van der Waals surface area contributed by atoms with Gasteiger partial charge in [0, 0.05) is 30.9 Å². The predicted molar refractivity (Wildman–Crippen MR) is 124 cm³/mol. The molecule has 34 heavy (non-hydrogen) atoms. The average molecular weight is 466 g/mol. The molecule has 4 rings (SSSR count). The molecule has 1 aromatic carbocycles. The second-order valence-corrected chi connectivity index (χ2v) is 8.60. The number of carbonyl (C=O) groups excluding carboxylic acids is 2. The number of rotatable bonds is 9. The number of ketones is 1. The maximum atomic E-state index is 13.5. The van der Waals surface area contributed by atoms with Crippen LogP contribution in [0, 0.1) is 0 Å². The van der Waals surface area contributed by atoms with Crippen molar-refractivity contribution in [3.63, 3.8) is 0 Å². The fraction of sp³-hybridized carbons (Fsp3) is 0.423. The van der Waals surface area contributed by atoms with Crippen molar-refractivity contribution in [2.24, 2.45) is 0 Å². The van der Waals surface area contributed by atoms with Gasteiger partial charge in [-0.25, -0.2) is 0 Å². The van der Waals surface area contributed by atoms with Crippen molar-refractivity contribution in [3.8, 4) is 5.75 Å². The zero-order chi connectivity index (χ0) is 23.9. The fourth-order valence-corrected chi connectivity index (χ4v) is 4.47. The summed E-state index contributed by atoms with van der Waals surface area (Å²) in [6, 6.07) is 9.53. The lowest BCUT2D eigenvalue weighted by Crippen LogP contribution is -3.14. The Bertz CT molecular complexity index is 1020.